The highest BCUT2D eigenvalue weighted by Crippen LogP contribution is 2.44. The van der Waals surface area contributed by atoms with Gasteiger partial charge in [0, 0.05) is 49.2 Å². The second-order valence-corrected chi connectivity index (χ2v) is 10.9. The minimum absolute atomic E-state index is 0.00281. The largest absolute Gasteiger partial charge is 0.355 e. The fourth-order valence-corrected chi connectivity index (χ4v) is 4.84. The highest BCUT2D eigenvalue weighted by molar-refractivity contribution is 5.94. The van der Waals surface area contributed by atoms with Crippen molar-refractivity contribution in [1.82, 2.24) is 30.7 Å². The van der Waals surface area contributed by atoms with Crippen LogP contribution in [-0.2, 0) is 10.3 Å². The molecular formula is C27H30F2N6O3. The molecule has 9 nitrogen and oxygen atoms in total. The molecule has 2 aliphatic rings. The van der Waals surface area contributed by atoms with Gasteiger partial charge in [-0.3, -0.25) is 14.5 Å². The van der Waals surface area contributed by atoms with Crippen molar-refractivity contribution in [3.63, 3.8) is 0 Å². The van der Waals surface area contributed by atoms with Crippen molar-refractivity contribution >= 4 is 11.8 Å². The van der Waals surface area contributed by atoms with Gasteiger partial charge in [0.1, 0.15) is 11.6 Å². The van der Waals surface area contributed by atoms with E-state index in [4.69, 9.17) is 4.52 Å². The van der Waals surface area contributed by atoms with Gasteiger partial charge in [-0.1, -0.05) is 5.16 Å². The number of carbonyl (C=O) groups is 2. The molecule has 2 aromatic heterocycles. The lowest BCUT2D eigenvalue weighted by atomic mass is 9.87. The number of piperidine rings is 1. The van der Waals surface area contributed by atoms with Crippen molar-refractivity contribution in [1.29, 1.82) is 0 Å². The van der Waals surface area contributed by atoms with E-state index < -0.39 is 35.0 Å². The Morgan fingerprint density at radius 1 is 1.13 bits per heavy atom. The molecule has 3 aromatic rings. The van der Waals surface area contributed by atoms with Crippen LogP contribution in [0.5, 0.6) is 0 Å². The number of amides is 2. The SMILES string of the molecule is CC(C)(C)N1CCC(NC(=O)c2cc(-c3ccc(F)cc3F)on2)C(C(=O)NC2(c3ncccn3)CC2)C1. The van der Waals surface area contributed by atoms with E-state index in [2.05, 4.69) is 51.4 Å². The van der Waals surface area contributed by atoms with E-state index in [1.54, 1.807) is 18.5 Å². The topological polar surface area (TPSA) is 113 Å². The van der Waals surface area contributed by atoms with E-state index >= 15 is 0 Å². The van der Waals surface area contributed by atoms with Gasteiger partial charge in [0.15, 0.2) is 17.3 Å². The van der Waals surface area contributed by atoms with Gasteiger partial charge in [0.25, 0.3) is 5.91 Å². The minimum atomic E-state index is -0.823. The number of carbonyl (C=O) groups excluding carboxylic acids is 2. The second kappa shape index (κ2) is 9.86. The third kappa shape index (κ3) is 5.28. The summed E-state index contributed by atoms with van der Waals surface area (Å²) in [6, 6.07) is 5.62. The molecule has 200 valence electrons. The predicted molar refractivity (Wildman–Crippen MR) is 134 cm³/mol. The Hall–Kier alpha value is -3.73. The minimum Gasteiger partial charge on any atom is -0.355 e. The van der Waals surface area contributed by atoms with Gasteiger partial charge in [-0.15, -0.1) is 0 Å². The standard InChI is InChI=1S/C27H30F2N6O3/c1-26(2,3)35-12-7-20(18(15-35)23(36)33-27(8-9-27)25-30-10-4-11-31-25)32-24(37)21-14-22(38-34-21)17-6-5-16(28)13-19(17)29/h4-6,10-11,13-14,18,20H,7-9,12,15H2,1-3H3,(H,32,37)(H,33,36). The molecule has 5 rings (SSSR count). The Bertz CT molecular complexity index is 1340. The van der Waals surface area contributed by atoms with Crippen LogP contribution in [-0.4, -0.2) is 56.5 Å². The number of hydrogen-bond acceptors (Lipinski definition) is 7. The Kier molecular flexibility index (Phi) is 6.72. The number of aromatic nitrogens is 3. The number of nitrogens with one attached hydrogen (secondary N) is 2. The van der Waals surface area contributed by atoms with E-state index in [9.17, 15) is 18.4 Å². The number of hydrogen-bond donors (Lipinski definition) is 2. The third-order valence-corrected chi connectivity index (χ3v) is 7.26. The number of nitrogens with zero attached hydrogens (tertiary/aromatic N) is 4. The maximum Gasteiger partial charge on any atom is 0.273 e. The molecule has 3 heterocycles. The summed E-state index contributed by atoms with van der Waals surface area (Å²) in [4.78, 5) is 37.6. The summed E-state index contributed by atoms with van der Waals surface area (Å²) >= 11 is 0. The molecule has 1 aliphatic heterocycles. The van der Waals surface area contributed by atoms with Crippen LogP contribution in [0, 0.1) is 17.6 Å². The molecule has 0 radical (unpaired) electrons. The van der Waals surface area contributed by atoms with E-state index in [0.717, 1.165) is 25.0 Å². The van der Waals surface area contributed by atoms with Crippen LogP contribution in [0.3, 0.4) is 0 Å². The van der Waals surface area contributed by atoms with Crippen molar-refractivity contribution in [2.45, 2.75) is 57.2 Å². The average Bonchev–Trinajstić information content (AvgIpc) is 3.49. The smallest absolute Gasteiger partial charge is 0.273 e. The van der Waals surface area contributed by atoms with Gasteiger partial charge in [-0.2, -0.15) is 0 Å². The Morgan fingerprint density at radius 2 is 1.87 bits per heavy atom. The summed E-state index contributed by atoms with van der Waals surface area (Å²) < 4.78 is 32.6. The molecule has 1 saturated carbocycles. The number of benzene rings is 1. The molecule has 0 spiro atoms. The summed E-state index contributed by atoms with van der Waals surface area (Å²) in [7, 11) is 0. The number of halogens is 2. The molecule has 1 aromatic carbocycles. The quantitative estimate of drug-likeness (QED) is 0.508. The summed E-state index contributed by atoms with van der Waals surface area (Å²) in [5.41, 5.74) is -0.811. The monoisotopic (exact) mass is 524 g/mol. The van der Waals surface area contributed by atoms with Crippen molar-refractivity contribution in [3.8, 4) is 11.3 Å². The molecule has 11 heteroatoms. The van der Waals surface area contributed by atoms with Crippen LogP contribution in [0.4, 0.5) is 8.78 Å². The van der Waals surface area contributed by atoms with Crippen LogP contribution < -0.4 is 10.6 Å². The number of likely N-dealkylation sites (tertiary alicyclic amines) is 1. The van der Waals surface area contributed by atoms with Crippen LogP contribution in [0.1, 0.15) is 56.3 Å². The zero-order valence-corrected chi connectivity index (χ0v) is 21.5. The van der Waals surface area contributed by atoms with Crippen LogP contribution in [0.2, 0.25) is 0 Å². The summed E-state index contributed by atoms with van der Waals surface area (Å²) in [5, 5.41) is 9.87. The molecule has 0 bridgehead atoms. The molecule has 2 amide bonds. The highest BCUT2D eigenvalue weighted by Gasteiger charge is 2.50. The lowest BCUT2D eigenvalue weighted by Crippen LogP contribution is -2.60. The van der Waals surface area contributed by atoms with Crippen molar-refractivity contribution < 1.29 is 22.9 Å². The Labute approximate surface area is 219 Å². The summed E-state index contributed by atoms with van der Waals surface area (Å²) in [6.07, 6.45) is 5.36. The fraction of sp³-hybridized carbons (Fsp3) is 0.444. The fourth-order valence-electron chi connectivity index (χ4n) is 4.84. The van der Waals surface area contributed by atoms with Crippen LogP contribution in [0.25, 0.3) is 11.3 Å². The van der Waals surface area contributed by atoms with Gasteiger partial charge in [0.2, 0.25) is 5.91 Å². The van der Waals surface area contributed by atoms with Gasteiger partial charge in [-0.05, 0) is 58.2 Å². The molecule has 1 saturated heterocycles. The maximum atomic E-state index is 14.2. The lowest BCUT2D eigenvalue weighted by molar-refractivity contribution is -0.129. The first-order valence-electron chi connectivity index (χ1n) is 12.6. The van der Waals surface area contributed by atoms with E-state index in [1.807, 2.05) is 0 Å². The average molecular weight is 525 g/mol. The number of rotatable bonds is 6. The van der Waals surface area contributed by atoms with Crippen molar-refractivity contribution in [2.75, 3.05) is 13.1 Å². The molecular weight excluding hydrogens is 494 g/mol. The first-order chi connectivity index (χ1) is 18.1. The van der Waals surface area contributed by atoms with Gasteiger partial charge < -0.3 is 15.2 Å². The van der Waals surface area contributed by atoms with Gasteiger partial charge >= 0.3 is 0 Å². The first kappa shape index (κ1) is 25.9. The summed E-state index contributed by atoms with van der Waals surface area (Å²) in [6.45, 7) is 7.42. The molecule has 1 aliphatic carbocycles. The lowest BCUT2D eigenvalue weighted by Gasteiger charge is -2.44. The Balaban J connectivity index is 1.33. The molecule has 2 N–H and O–H groups in total. The highest BCUT2D eigenvalue weighted by atomic mass is 19.1. The van der Waals surface area contributed by atoms with E-state index in [0.29, 0.717) is 25.3 Å². The van der Waals surface area contributed by atoms with Gasteiger partial charge in [0.05, 0.1) is 17.0 Å². The van der Waals surface area contributed by atoms with Crippen molar-refractivity contribution in [2.24, 2.45) is 5.92 Å². The van der Waals surface area contributed by atoms with Gasteiger partial charge in [-0.25, -0.2) is 18.7 Å². The van der Waals surface area contributed by atoms with Crippen molar-refractivity contribution in [3.05, 3.63) is 65.9 Å². The maximum absolute atomic E-state index is 14.2. The van der Waals surface area contributed by atoms with Crippen LogP contribution in [0.15, 0.2) is 47.2 Å². The van der Waals surface area contributed by atoms with Crippen LogP contribution >= 0.6 is 0 Å². The molecule has 2 unspecified atom stereocenters. The molecule has 2 atom stereocenters. The third-order valence-electron chi connectivity index (χ3n) is 7.26. The zero-order valence-electron chi connectivity index (χ0n) is 21.5. The zero-order chi connectivity index (χ0) is 27.1. The summed E-state index contributed by atoms with van der Waals surface area (Å²) in [5.74, 6) is -2.21. The van der Waals surface area contributed by atoms with E-state index in [-0.39, 0.29) is 28.5 Å². The first-order valence-corrected chi connectivity index (χ1v) is 12.6. The van der Waals surface area contributed by atoms with E-state index in [1.165, 1.54) is 12.1 Å². The normalized spacial score (nSPS) is 21.1. The molecule has 2 fully saturated rings. The predicted octanol–water partition coefficient (Wildman–Crippen LogP) is 3.43. The Morgan fingerprint density at radius 3 is 2.53 bits per heavy atom. The second-order valence-electron chi connectivity index (χ2n) is 10.9. The molecule has 38 heavy (non-hydrogen) atoms.